The average molecular weight is 321 g/mol. The highest BCUT2D eigenvalue weighted by molar-refractivity contribution is 5.32. The van der Waals surface area contributed by atoms with E-state index in [9.17, 15) is 17.6 Å². The number of halogens is 4. The molecule has 0 unspecified atom stereocenters. The summed E-state index contributed by atoms with van der Waals surface area (Å²) < 4.78 is 59.4. The van der Waals surface area contributed by atoms with Crippen LogP contribution in [0.5, 0.6) is 0 Å². The maximum absolute atomic E-state index is 14.5. The van der Waals surface area contributed by atoms with Crippen molar-refractivity contribution in [3.8, 4) is 0 Å². The van der Waals surface area contributed by atoms with Crippen LogP contribution in [0.3, 0.4) is 0 Å². The summed E-state index contributed by atoms with van der Waals surface area (Å²) in [5.74, 6) is -3.16. The normalized spacial score (nSPS) is 24.0. The van der Waals surface area contributed by atoms with Gasteiger partial charge in [-0.05, 0) is 6.42 Å². The van der Waals surface area contributed by atoms with Gasteiger partial charge < -0.3 is 10.1 Å². The number of hydrogen-bond acceptors (Lipinski definition) is 3. The molecule has 124 valence electrons. The molecule has 3 rings (SSSR count). The third-order valence-corrected chi connectivity index (χ3v) is 4.22. The number of hydrogen-bond donors (Lipinski definition) is 1. The van der Waals surface area contributed by atoms with E-state index >= 15 is 0 Å². The second-order valence-corrected chi connectivity index (χ2v) is 5.92. The Morgan fingerprint density at radius 1 is 1.41 bits per heavy atom. The molecular weight excluding hydrogens is 302 g/mol. The molecule has 1 N–H and O–H groups in total. The highest BCUT2D eigenvalue weighted by Crippen LogP contribution is 2.40. The molecule has 2 aliphatic rings. The lowest BCUT2D eigenvalue weighted by Gasteiger charge is -2.19. The largest absolute Gasteiger partial charge is 0.375 e. The number of ether oxygens (including phenoxy) is 1. The van der Waals surface area contributed by atoms with E-state index in [1.807, 2.05) is 0 Å². The second kappa shape index (κ2) is 6.16. The van der Waals surface area contributed by atoms with E-state index in [1.54, 1.807) is 0 Å². The summed E-state index contributed by atoms with van der Waals surface area (Å²) in [6.45, 7) is 0.839. The minimum Gasteiger partial charge on any atom is -0.375 e. The van der Waals surface area contributed by atoms with Crippen molar-refractivity contribution in [3.63, 3.8) is 0 Å². The molecule has 0 bridgehead atoms. The molecule has 3 heterocycles. The molecule has 8 heteroatoms. The van der Waals surface area contributed by atoms with Gasteiger partial charge in [-0.1, -0.05) is 0 Å². The Kier molecular flexibility index (Phi) is 4.40. The minimum absolute atomic E-state index is 0.00828. The number of rotatable bonds is 4. The third-order valence-electron chi connectivity index (χ3n) is 4.22. The van der Waals surface area contributed by atoms with Gasteiger partial charge in [0.2, 0.25) is 0 Å². The maximum atomic E-state index is 14.5. The van der Waals surface area contributed by atoms with Crippen LogP contribution in [-0.2, 0) is 30.2 Å². The van der Waals surface area contributed by atoms with Crippen molar-refractivity contribution in [1.82, 2.24) is 15.1 Å². The number of nitrogens with one attached hydrogen (secondary N) is 1. The lowest BCUT2D eigenvalue weighted by molar-refractivity contribution is -0.0270. The van der Waals surface area contributed by atoms with E-state index in [1.165, 1.54) is 4.68 Å². The van der Waals surface area contributed by atoms with Gasteiger partial charge in [0.25, 0.3) is 12.3 Å². The fourth-order valence-corrected chi connectivity index (χ4v) is 3.20. The standard InChI is InChI=1S/C14H19F4N3O/c15-12(16)8-22-7-9-1-3-14(17,18)13-10-5-19-4-2-11(10)20-21(13)6-9/h9,12,19H,1-8H2/t9-/m0/s1. The van der Waals surface area contributed by atoms with Crippen molar-refractivity contribution >= 4 is 0 Å². The summed E-state index contributed by atoms with van der Waals surface area (Å²) in [5.41, 5.74) is 1.32. The monoisotopic (exact) mass is 321 g/mol. The molecule has 0 aliphatic carbocycles. The Morgan fingerprint density at radius 2 is 2.23 bits per heavy atom. The van der Waals surface area contributed by atoms with Gasteiger partial charge in [0.15, 0.2) is 0 Å². The molecule has 1 atom stereocenters. The molecule has 0 radical (unpaired) electrons. The first-order chi connectivity index (χ1) is 10.5. The van der Waals surface area contributed by atoms with Crippen molar-refractivity contribution in [3.05, 3.63) is 17.0 Å². The van der Waals surface area contributed by atoms with Crippen molar-refractivity contribution in [1.29, 1.82) is 0 Å². The Bertz CT molecular complexity index is 532. The van der Waals surface area contributed by atoms with Crippen LogP contribution in [0.1, 0.15) is 29.8 Å². The Balaban J connectivity index is 1.80. The van der Waals surface area contributed by atoms with E-state index < -0.39 is 19.0 Å². The summed E-state index contributed by atoms with van der Waals surface area (Å²) in [6.07, 6.45) is -1.96. The van der Waals surface area contributed by atoms with Crippen LogP contribution in [0, 0.1) is 5.92 Å². The van der Waals surface area contributed by atoms with Crippen LogP contribution in [0.25, 0.3) is 0 Å². The first-order valence-electron chi connectivity index (χ1n) is 7.51. The summed E-state index contributed by atoms with van der Waals surface area (Å²) in [5, 5.41) is 7.43. The molecule has 0 saturated carbocycles. The first-order valence-corrected chi connectivity index (χ1v) is 7.51. The van der Waals surface area contributed by atoms with Crippen molar-refractivity contribution < 1.29 is 22.3 Å². The van der Waals surface area contributed by atoms with Crippen LogP contribution in [0.2, 0.25) is 0 Å². The van der Waals surface area contributed by atoms with E-state index in [4.69, 9.17) is 4.74 Å². The fourth-order valence-electron chi connectivity index (χ4n) is 3.20. The van der Waals surface area contributed by atoms with Crippen molar-refractivity contribution in [2.75, 3.05) is 19.8 Å². The smallest absolute Gasteiger partial charge is 0.289 e. The third kappa shape index (κ3) is 3.12. The lowest BCUT2D eigenvalue weighted by Crippen LogP contribution is -2.26. The zero-order valence-corrected chi connectivity index (χ0v) is 12.1. The van der Waals surface area contributed by atoms with Gasteiger partial charge >= 0.3 is 0 Å². The number of alkyl halides is 4. The Labute approximate surface area is 125 Å². The highest BCUT2D eigenvalue weighted by atomic mass is 19.3. The quantitative estimate of drug-likeness (QED) is 0.865. The van der Waals surface area contributed by atoms with Gasteiger partial charge in [0, 0.05) is 44.0 Å². The predicted molar refractivity (Wildman–Crippen MR) is 71.1 cm³/mol. The molecule has 4 nitrogen and oxygen atoms in total. The van der Waals surface area contributed by atoms with Gasteiger partial charge in [-0.15, -0.1) is 0 Å². The van der Waals surface area contributed by atoms with Gasteiger partial charge in [-0.2, -0.15) is 13.9 Å². The van der Waals surface area contributed by atoms with Gasteiger partial charge in [0.1, 0.15) is 12.3 Å². The molecule has 0 fully saturated rings. The second-order valence-electron chi connectivity index (χ2n) is 5.92. The van der Waals surface area contributed by atoms with Crippen LogP contribution in [-0.4, -0.2) is 36.0 Å². The summed E-state index contributed by atoms with van der Waals surface area (Å²) >= 11 is 0. The van der Waals surface area contributed by atoms with Crippen LogP contribution in [0.4, 0.5) is 17.6 Å². The molecule has 1 aromatic rings. The highest BCUT2D eigenvalue weighted by Gasteiger charge is 2.42. The van der Waals surface area contributed by atoms with E-state index in [2.05, 4.69) is 10.4 Å². The van der Waals surface area contributed by atoms with Crippen LogP contribution >= 0.6 is 0 Å². The number of fused-ring (bicyclic) bond motifs is 3. The van der Waals surface area contributed by atoms with Crippen molar-refractivity contribution in [2.24, 2.45) is 5.92 Å². The molecule has 0 amide bonds. The topological polar surface area (TPSA) is 39.1 Å². The number of aromatic nitrogens is 2. The molecule has 2 aliphatic heterocycles. The maximum Gasteiger partial charge on any atom is 0.289 e. The predicted octanol–water partition coefficient (Wildman–Crippen LogP) is 2.31. The van der Waals surface area contributed by atoms with Crippen LogP contribution in [0.15, 0.2) is 0 Å². The van der Waals surface area contributed by atoms with E-state index in [0.29, 0.717) is 25.1 Å². The Hall–Kier alpha value is -1.15. The number of nitrogens with zero attached hydrogens (tertiary/aromatic N) is 2. The molecule has 22 heavy (non-hydrogen) atoms. The van der Waals surface area contributed by atoms with Gasteiger partial charge in [-0.25, -0.2) is 8.78 Å². The van der Waals surface area contributed by atoms with Gasteiger partial charge in [0.05, 0.1) is 12.3 Å². The van der Waals surface area contributed by atoms with E-state index in [-0.39, 0.29) is 31.1 Å². The van der Waals surface area contributed by atoms with Crippen molar-refractivity contribution in [2.45, 2.75) is 44.7 Å². The Morgan fingerprint density at radius 3 is 3.00 bits per heavy atom. The molecular formula is C14H19F4N3O. The fraction of sp³-hybridized carbons (Fsp3) is 0.786. The average Bonchev–Trinajstić information content (AvgIpc) is 2.77. The van der Waals surface area contributed by atoms with Gasteiger partial charge in [-0.3, -0.25) is 4.68 Å². The summed E-state index contributed by atoms with van der Waals surface area (Å²) in [4.78, 5) is 0. The molecule has 1 aromatic heterocycles. The zero-order chi connectivity index (χ0) is 15.7. The zero-order valence-electron chi connectivity index (χ0n) is 12.1. The summed E-state index contributed by atoms with van der Waals surface area (Å²) in [6, 6.07) is 0. The SMILES string of the molecule is FC(F)COC[C@H]1CCC(F)(F)c2c3c(nn2C1)CCNC3. The molecule has 0 spiro atoms. The minimum atomic E-state index is -2.93. The molecule has 0 saturated heterocycles. The van der Waals surface area contributed by atoms with Crippen LogP contribution < -0.4 is 5.32 Å². The summed E-state index contributed by atoms with van der Waals surface area (Å²) in [7, 11) is 0. The first kappa shape index (κ1) is 15.7. The van der Waals surface area contributed by atoms with E-state index in [0.717, 1.165) is 12.2 Å². The molecule has 0 aromatic carbocycles. The lowest BCUT2D eigenvalue weighted by atomic mass is 9.99.